The summed E-state index contributed by atoms with van der Waals surface area (Å²) in [6.07, 6.45) is 6.69. The molecule has 80 valence electrons. The van der Waals surface area contributed by atoms with E-state index >= 15 is 0 Å². The lowest BCUT2D eigenvalue weighted by Gasteiger charge is -2.34. The van der Waals surface area contributed by atoms with Crippen LogP contribution in [-0.4, -0.2) is 6.61 Å². The van der Waals surface area contributed by atoms with Crippen LogP contribution in [0.2, 0.25) is 0 Å². The van der Waals surface area contributed by atoms with Crippen LogP contribution in [-0.2, 0) is 6.42 Å². The lowest BCUT2D eigenvalue weighted by atomic mass is 9.79. The van der Waals surface area contributed by atoms with E-state index in [1.807, 2.05) is 0 Å². The van der Waals surface area contributed by atoms with Gasteiger partial charge >= 0.3 is 0 Å². The van der Waals surface area contributed by atoms with Gasteiger partial charge in [-0.1, -0.05) is 34.8 Å². The molecular formula is C13H15BrO. The highest BCUT2D eigenvalue weighted by Gasteiger charge is 2.38. The molecule has 0 radical (unpaired) electrons. The van der Waals surface area contributed by atoms with Crippen LogP contribution in [0.3, 0.4) is 0 Å². The Morgan fingerprint density at radius 2 is 2.00 bits per heavy atom. The zero-order chi connectivity index (χ0) is 10.3. The molecule has 0 N–H and O–H groups in total. The van der Waals surface area contributed by atoms with E-state index in [1.54, 1.807) is 0 Å². The van der Waals surface area contributed by atoms with Crippen molar-refractivity contribution in [3.63, 3.8) is 0 Å². The zero-order valence-corrected chi connectivity index (χ0v) is 10.3. The normalized spacial score (nSPS) is 22.5. The van der Waals surface area contributed by atoms with Crippen molar-refractivity contribution in [3.05, 3.63) is 28.2 Å². The lowest BCUT2D eigenvalue weighted by Crippen LogP contribution is -2.32. The first-order chi connectivity index (χ1) is 7.27. The summed E-state index contributed by atoms with van der Waals surface area (Å²) >= 11 is 3.49. The maximum absolute atomic E-state index is 5.91. The van der Waals surface area contributed by atoms with Crippen molar-refractivity contribution in [1.29, 1.82) is 0 Å². The minimum absolute atomic E-state index is 0.473. The van der Waals surface area contributed by atoms with Crippen molar-refractivity contribution in [2.75, 3.05) is 6.61 Å². The Bertz CT molecular complexity index is 380. The van der Waals surface area contributed by atoms with E-state index in [-0.39, 0.29) is 0 Å². The highest BCUT2D eigenvalue weighted by atomic mass is 79.9. The van der Waals surface area contributed by atoms with Crippen molar-refractivity contribution in [3.8, 4) is 5.75 Å². The maximum atomic E-state index is 5.91. The van der Waals surface area contributed by atoms with Gasteiger partial charge < -0.3 is 4.74 Å². The number of rotatable bonds is 0. The third-order valence-corrected chi connectivity index (χ3v) is 4.29. The zero-order valence-electron chi connectivity index (χ0n) is 8.76. The Hall–Kier alpha value is -0.500. The fraction of sp³-hybridized carbons (Fsp3) is 0.538. The van der Waals surface area contributed by atoms with Gasteiger partial charge in [-0.2, -0.15) is 0 Å². The number of fused-ring (bicyclic) bond motifs is 1. The van der Waals surface area contributed by atoms with E-state index in [0.29, 0.717) is 5.41 Å². The average molecular weight is 267 g/mol. The minimum Gasteiger partial charge on any atom is -0.493 e. The highest BCUT2D eigenvalue weighted by Crippen LogP contribution is 2.46. The molecule has 1 spiro atoms. The summed E-state index contributed by atoms with van der Waals surface area (Å²) in [6, 6.07) is 6.42. The van der Waals surface area contributed by atoms with Crippen LogP contribution in [0.5, 0.6) is 5.75 Å². The second-order valence-corrected chi connectivity index (χ2v) is 5.84. The van der Waals surface area contributed by atoms with E-state index in [2.05, 4.69) is 34.1 Å². The van der Waals surface area contributed by atoms with Crippen LogP contribution in [0, 0.1) is 5.41 Å². The molecule has 2 aliphatic rings. The molecule has 15 heavy (non-hydrogen) atoms. The van der Waals surface area contributed by atoms with E-state index in [4.69, 9.17) is 4.74 Å². The van der Waals surface area contributed by atoms with E-state index in [1.165, 1.54) is 37.7 Å². The Morgan fingerprint density at radius 1 is 1.20 bits per heavy atom. The van der Waals surface area contributed by atoms with Crippen molar-refractivity contribution in [2.24, 2.45) is 5.41 Å². The molecule has 1 fully saturated rings. The van der Waals surface area contributed by atoms with Gasteiger partial charge in [-0.05, 0) is 37.0 Å². The largest absolute Gasteiger partial charge is 0.493 e. The summed E-state index contributed by atoms with van der Waals surface area (Å²) in [5.41, 5.74) is 1.87. The number of hydrogen-bond acceptors (Lipinski definition) is 1. The second kappa shape index (κ2) is 3.51. The number of ether oxygens (including phenoxy) is 1. The van der Waals surface area contributed by atoms with Gasteiger partial charge in [0.1, 0.15) is 5.75 Å². The Balaban J connectivity index is 1.93. The van der Waals surface area contributed by atoms with Gasteiger partial charge in [0, 0.05) is 9.89 Å². The average Bonchev–Trinajstić information content (AvgIpc) is 2.67. The first kappa shape index (κ1) is 9.71. The van der Waals surface area contributed by atoms with Gasteiger partial charge in [0.25, 0.3) is 0 Å². The molecule has 0 amide bonds. The topological polar surface area (TPSA) is 9.23 Å². The summed E-state index contributed by atoms with van der Waals surface area (Å²) in [5.74, 6) is 1.09. The van der Waals surface area contributed by atoms with Crippen LogP contribution in [0.1, 0.15) is 31.2 Å². The van der Waals surface area contributed by atoms with Gasteiger partial charge in [-0.25, -0.2) is 0 Å². The molecule has 0 bridgehead atoms. The van der Waals surface area contributed by atoms with E-state index < -0.39 is 0 Å². The van der Waals surface area contributed by atoms with Crippen LogP contribution in [0.4, 0.5) is 0 Å². The third-order valence-electron chi connectivity index (χ3n) is 3.79. The second-order valence-electron chi connectivity index (χ2n) is 4.92. The monoisotopic (exact) mass is 266 g/mol. The summed E-state index contributed by atoms with van der Waals surface area (Å²) in [7, 11) is 0. The molecule has 1 aliphatic carbocycles. The molecule has 2 heteroatoms. The highest BCUT2D eigenvalue weighted by molar-refractivity contribution is 9.10. The first-order valence-electron chi connectivity index (χ1n) is 5.69. The predicted octanol–water partition coefficient (Wildman–Crippen LogP) is 3.94. The van der Waals surface area contributed by atoms with Gasteiger partial charge in [-0.3, -0.25) is 0 Å². The molecule has 0 unspecified atom stereocenters. The SMILES string of the molecule is Brc1ccc2c(c1)OCC1(CCCC1)C2. The molecule has 1 heterocycles. The Morgan fingerprint density at radius 3 is 2.80 bits per heavy atom. The van der Waals surface area contributed by atoms with Crippen LogP contribution in [0.25, 0.3) is 0 Å². The van der Waals surface area contributed by atoms with Crippen LogP contribution in [0.15, 0.2) is 22.7 Å². The van der Waals surface area contributed by atoms with Crippen LogP contribution >= 0.6 is 15.9 Å². The maximum Gasteiger partial charge on any atom is 0.123 e. The first-order valence-corrected chi connectivity index (χ1v) is 6.48. The molecule has 0 aromatic heterocycles. The number of halogens is 1. The fourth-order valence-electron chi connectivity index (χ4n) is 2.94. The van der Waals surface area contributed by atoms with Gasteiger partial charge in [-0.15, -0.1) is 0 Å². The molecule has 0 atom stereocenters. The minimum atomic E-state index is 0.473. The summed E-state index contributed by atoms with van der Waals surface area (Å²) in [5, 5.41) is 0. The molecule has 1 aliphatic heterocycles. The smallest absolute Gasteiger partial charge is 0.123 e. The molecule has 1 aromatic rings. The third kappa shape index (κ3) is 1.69. The quantitative estimate of drug-likeness (QED) is 0.691. The summed E-state index contributed by atoms with van der Waals surface area (Å²) in [6.45, 7) is 0.927. The molecule has 1 aromatic carbocycles. The van der Waals surface area contributed by atoms with Crippen molar-refractivity contribution >= 4 is 15.9 Å². The van der Waals surface area contributed by atoms with Crippen molar-refractivity contribution in [2.45, 2.75) is 32.1 Å². The number of benzene rings is 1. The van der Waals surface area contributed by atoms with Crippen LogP contribution < -0.4 is 4.74 Å². The van der Waals surface area contributed by atoms with Crippen molar-refractivity contribution in [1.82, 2.24) is 0 Å². The number of hydrogen-bond donors (Lipinski definition) is 0. The predicted molar refractivity (Wildman–Crippen MR) is 64.2 cm³/mol. The lowest BCUT2D eigenvalue weighted by molar-refractivity contribution is 0.125. The van der Waals surface area contributed by atoms with Gasteiger partial charge in [0.15, 0.2) is 0 Å². The molecule has 3 rings (SSSR count). The Labute approximate surface area is 99.0 Å². The van der Waals surface area contributed by atoms with Gasteiger partial charge in [0.2, 0.25) is 0 Å². The molecule has 0 saturated heterocycles. The Kier molecular flexibility index (Phi) is 2.27. The molecule has 1 saturated carbocycles. The summed E-state index contributed by atoms with van der Waals surface area (Å²) in [4.78, 5) is 0. The summed E-state index contributed by atoms with van der Waals surface area (Å²) < 4.78 is 7.03. The molecule has 1 nitrogen and oxygen atoms in total. The molecular weight excluding hydrogens is 252 g/mol. The van der Waals surface area contributed by atoms with Crippen molar-refractivity contribution < 1.29 is 4.74 Å². The van der Waals surface area contributed by atoms with E-state index in [0.717, 1.165) is 16.8 Å². The fourth-order valence-corrected chi connectivity index (χ4v) is 3.28. The van der Waals surface area contributed by atoms with E-state index in [9.17, 15) is 0 Å². The van der Waals surface area contributed by atoms with Gasteiger partial charge in [0.05, 0.1) is 6.61 Å². The standard InChI is InChI=1S/C13H15BrO/c14-11-4-3-10-8-13(5-1-2-6-13)9-15-12(10)7-11/h3-4,7H,1-2,5-6,8-9H2.